The molecule has 0 aliphatic carbocycles. The van der Waals surface area contributed by atoms with Crippen molar-refractivity contribution in [3.63, 3.8) is 0 Å². The van der Waals surface area contributed by atoms with Gasteiger partial charge in [0.15, 0.2) is 11.5 Å². The van der Waals surface area contributed by atoms with E-state index in [0.29, 0.717) is 29.7 Å². The van der Waals surface area contributed by atoms with E-state index in [1.54, 1.807) is 0 Å². The number of terminal acetylenes is 1. The summed E-state index contributed by atoms with van der Waals surface area (Å²) in [6.45, 7) is 5.29. The van der Waals surface area contributed by atoms with Gasteiger partial charge in [-0.15, -0.1) is 6.42 Å². The number of anilines is 1. The summed E-state index contributed by atoms with van der Waals surface area (Å²) in [6.07, 6.45) is 5.24. The Kier molecular flexibility index (Phi) is 6.19. The average Bonchev–Trinajstić information content (AvgIpc) is 2.52. The Hall–Kier alpha value is -2.31. The van der Waals surface area contributed by atoms with Crippen LogP contribution in [-0.2, 0) is 6.54 Å². The first-order valence-corrected chi connectivity index (χ1v) is 7.84. The van der Waals surface area contributed by atoms with E-state index in [0.717, 1.165) is 11.3 Å². The van der Waals surface area contributed by atoms with Gasteiger partial charge in [0, 0.05) is 12.2 Å². The summed E-state index contributed by atoms with van der Waals surface area (Å²) in [7, 11) is 0. The first kappa shape index (κ1) is 17.1. The van der Waals surface area contributed by atoms with E-state index in [-0.39, 0.29) is 6.61 Å². The van der Waals surface area contributed by atoms with Gasteiger partial charge in [-0.1, -0.05) is 29.7 Å². The molecular formula is C19H20ClNO2. The van der Waals surface area contributed by atoms with Crippen molar-refractivity contribution in [2.75, 3.05) is 18.5 Å². The summed E-state index contributed by atoms with van der Waals surface area (Å²) in [5, 5.41) is 3.87. The van der Waals surface area contributed by atoms with Crippen LogP contribution in [0.2, 0.25) is 5.02 Å². The van der Waals surface area contributed by atoms with E-state index in [2.05, 4.69) is 30.3 Å². The summed E-state index contributed by atoms with van der Waals surface area (Å²) in [5.74, 6) is 3.53. The van der Waals surface area contributed by atoms with Gasteiger partial charge in [0.25, 0.3) is 0 Å². The molecule has 2 rings (SSSR count). The quantitative estimate of drug-likeness (QED) is 0.749. The lowest BCUT2D eigenvalue weighted by atomic mass is 10.1. The third-order valence-electron chi connectivity index (χ3n) is 3.18. The highest BCUT2D eigenvalue weighted by Crippen LogP contribution is 2.36. The molecule has 3 nitrogen and oxygen atoms in total. The van der Waals surface area contributed by atoms with Crippen molar-refractivity contribution in [3.8, 4) is 23.8 Å². The van der Waals surface area contributed by atoms with E-state index in [9.17, 15) is 0 Å². The van der Waals surface area contributed by atoms with E-state index >= 15 is 0 Å². The summed E-state index contributed by atoms with van der Waals surface area (Å²) in [6, 6.07) is 12.0. The lowest BCUT2D eigenvalue weighted by Gasteiger charge is -2.15. The van der Waals surface area contributed by atoms with Crippen LogP contribution in [0.3, 0.4) is 0 Å². The van der Waals surface area contributed by atoms with Gasteiger partial charge in [0.05, 0.1) is 11.6 Å². The fourth-order valence-corrected chi connectivity index (χ4v) is 2.49. The van der Waals surface area contributed by atoms with Crippen molar-refractivity contribution in [1.29, 1.82) is 0 Å². The van der Waals surface area contributed by atoms with Crippen LogP contribution in [0.5, 0.6) is 11.5 Å². The largest absolute Gasteiger partial charge is 0.490 e. The maximum Gasteiger partial charge on any atom is 0.181 e. The fourth-order valence-electron chi connectivity index (χ4n) is 2.20. The number of aryl methyl sites for hydroxylation is 1. The monoisotopic (exact) mass is 329 g/mol. The zero-order chi connectivity index (χ0) is 16.7. The molecule has 0 fully saturated rings. The summed E-state index contributed by atoms with van der Waals surface area (Å²) < 4.78 is 11.1. The molecule has 2 aromatic rings. The molecule has 0 atom stereocenters. The zero-order valence-electron chi connectivity index (χ0n) is 13.4. The Morgan fingerprint density at radius 2 is 2.04 bits per heavy atom. The van der Waals surface area contributed by atoms with Crippen molar-refractivity contribution >= 4 is 17.3 Å². The average molecular weight is 330 g/mol. The summed E-state index contributed by atoms with van der Waals surface area (Å²) >= 11 is 6.31. The van der Waals surface area contributed by atoms with Crippen molar-refractivity contribution in [1.82, 2.24) is 0 Å². The topological polar surface area (TPSA) is 30.5 Å². The molecule has 120 valence electrons. The van der Waals surface area contributed by atoms with Crippen molar-refractivity contribution < 1.29 is 9.47 Å². The first-order valence-electron chi connectivity index (χ1n) is 7.46. The minimum absolute atomic E-state index is 0.153. The summed E-state index contributed by atoms with van der Waals surface area (Å²) in [4.78, 5) is 0. The fraction of sp³-hybridized carbons (Fsp3) is 0.263. The predicted molar refractivity (Wildman–Crippen MR) is 95.5 cm³/mol. The Labute approximate surface area is 142 Å². The Morgan fingerprint density at radius 3 is 2.74 bits per heavy atom. The molecule has 0 aromatic heterocycles. The van der Waals surface area contributed by atoms with E-state index in [1.165, 1.54) is 5.56 Å². The first-order chi connectivity index (χ1) is 11.1. The van der Waals surface area contributed by atoms with E-state index in [4.69, 9.17) is 27.5 Å². The Bertz CT molecular complexity index is 707. The van der Waals surface area contributed by atoms with Gasteiger partial charge in [0.2, 0.25) is 0 Å². The maximum absolute atomic E-state index is 6.31. The minimum atomic E-state index is 0.153. The van der Waals surface area contributed by atoms with Gasteiger partial charge in [-0.3, -0.25) is 0 Å². The molecule has 4 heteroatoms. The molecule has 0 radical (unpaired) electrons. The van der Waals surface area contributed by atoms with Gasteiger partial charge in [0.1, 0.15) is 6.61 Å². The maximum atomic E-state index is 6.31. The SMILES string of the molecule is C#CCOc1c(Cl)cc(CNc2cccc(C)c2)cc1OCC. The normalized spacial score (nSPS) is 10.0. The van der Waals surface area contributed by atoms with Gasteiger partial charge in [-0.05, 0) is 49.2 Å². The van der Waals surface area contributed by atoms with Crippen LogP contribution in [0.15, 0.2) is 36.4 Å². The standard InChI is InChI=1S/C19H20ClNO2/c1-4-9-23-19-17(20)11-15(12-18(19)22-5-2)13-21-16-8-6-7-14(3)10-16/h1,6-8,10-12,21H,5,9,13H2,2-3H3. The van der Waals surface area contributed by atoms with Crippen LogP contribution in [0.25, 0.3) is 0 Å². The lowest BCUT2D eigenvalue weighted by Crippen LogP contribution is -2.04. The number of rotatable bonds is 7. The summed E-state index contributed by atoms with van der Waals surface area (Å²) in [5.41, 5.74) is 3.28. The molecule has 0 aliphatic rings. The number of nitrogens with one attached hydrogen (secondary N) is 1. The molecule has 0 spiro atoms. The highest BCUT2D eigenvalue weighted by molar-refractivity contribution is 6.32. The molecule has 0 saturated heterocycles. The lowest BCUT2D eigenvalue weighted by molar-refractivity contribution is 0.299. The van der Waals surface area contributed by atoms with Gasteiger partial charge < -0.3 is 14.8 Å². The molecule has 0 bridgehead atoms. The second-order valence-corrected chi connectivity index (χ2v) is 5.46. The molecular weight excluding hydrogens is 310 g/mol. The van der Waals surface area contributed by atoms with Gasteiger partial charge >= 0.3 is 0 Å². The molecule has 1 N–H and O–H groups in total. The second kappa shape index (κ2) is 8.36. The minimum Gasteiger partial charge on any atom is -0.490 e. The molecule has 23 heavy (non-hydrogen) atoms. The highest BCUT2D eigenvalue weighted by Gasteiger charge is 2.12. The van der Waals surface area contributed by atoms with Crippen molar-refractivity contribution in [3.05, 3.63) is 52.5 Å². The number of ether oxygens (including phenoxy) is 2. The number of hydrogen-bond acceptors (Lipinski definition) is 3. The highest BCUT2D eigenvalue weighted by atomic mass is 35.5. The van der Waals surface area contributed by atoms with Crippen molar-refractivity contribution in [2.24, 2.45) is 0 Å². The third-order valence-corrected chi connectivity index (χ3v) is 3.46. The van der Waals surface area contributed by atoms with Crippen LogP contribution in [0, 0.1) is 19.3 Å². The van der Waals surface area contributed by atoms with E-state index in [1.807, 2.05) is 31.2 Å². The number of halogens is 1. The Morgan fingerprint density at radius 1 is 1.22 bits per heavy atom. The van der Waals surface area contributed by atoms with Crippen LogP contribution in [0.4, 0.5) is 5.69 Å². The second-order valence-electron chi connectivity index (χ2n) is 5.05. The zero-order valence-corrected chi connectivity index (χ0v) is 14.1. The number of hydrogen-bond donors (Lipinski definition) is 1. The molecule has 0 saturated carbocycles. The number of benzene rings is 2. The van der Waals surface area contributed by atoms with Crippen LogP contribution >= 0.6 is 11.6 Å². The molecule has 0 aliphatic heterocycles. The van der Waals surface area contributed by atoms with Crippen LogP contribution in [0.1, 0.15) is 18.1 Å². The van der Waals surface area contributed by atoms with E-state index < -0.39 is 0 Å². The molecule has 2 aromatic carbocycles. The smallest absolute Gasteiger partial charge is 0.181 e. The van der Waals surface area contributed by atoms with Crippen LogP contribution in [-0.4, -0.2) is 13.2 Å². The molecule has 0 heterocycles. The van der Waals surface area contributed by atoms with Crippen molar-refractivity contribution in [2.45, 2.75) is 20.4 Å². The third kappa shape index (κ3) is 4.84. The Balaban J connectivity index is 2.17. The van der Waals surface area contributed by atoms with Gasteiger partial charge in [-0.2, -0.15) is 0 Å². The molecule has 0 amide bonds. The van der Waals surface area contributed by atoms with Gasteiger partial charge in [-0.25, -0.2) is 0 Å². The molecule has 0 unspecified atom stereocenters. The predicted octanol–water partition coefficient (Wildman–Crippen LogP) is 4.67. The van der Waals surface area contributed by atoms with Crippen LogP contribution < -0.4 is 14.8 Å².